The highest BCUT2D eigenvalue weighted by molar-refractivity contribution is 5.93. The quantitative estimate of drug-likeness (QED) is 0.623. The van der Waals surface area contributed by atoms with Crippen molar-refractivity contribution in [3.05, 3.63) is 30.6 Å². The van der Waals surface area contributed by atoms with Gasteiger partial charge in [-0.15, -0.1) is 10.2 Å². The molecule has 4 rings (SSSR count). The molecule has 3 aromatic rings. The van der Waals surface area contributed by atoms with Gasteiger partial charge in [0.1, 0.15) is 12.0 Å². The zero-order valence-electron chi connectivity index (χ0n) is 18.8. The van der Waals surface area contributed by atoms with Crippen molar-refractivity contribution in [3.8, 4) is 23.0 Å². The molecule has 1 aliphatic rings. The predicted octanol–water partition coefficient (Wildman–Crippen LogP) is 2.38. The minimum atomic E-state index is -2.74. The normalized spacial score (nSPS) is 15.0. The molecule has 2 heterocycles. The Labute approximate surface area is 171 Å². The number of rotatable bonds is 7. The third-order valence-electron chi connectivity index (χ3n) is 4.39. The van der Waals surface area contributed by atoms with Crippen molar-refractivity contribution in [2.24, 2.45) is 13.0 Å². The first-order chi connectivity index (χ1) is 15.2. The van der Waals surface area contributed by atoms with Crippen LogP contribution in [0.15, 0.2) is 30.6 Å². The van der Waals surface area contributed by atoms with Gasteiger partial charge in [-0.3, -0.25) is 9.48 Å². The van der Waals surface area contributed by atoms with Gasteiger partial charge in [0.2, 0.25) is 5.91 Å². The third-order valence-corrected chi connectivity index (χ3v) is 4.39. The fourth-order valence-electron chi connectivity index (χ4n) is 2.82. The average Bonchev–Trinajstić information content (AvgIpc) is 3.50. The largest absolute Gasteiger partial charge is 0.494 e. The molecule has 2 N–H and O–H groups in total. The number of benzene rings is 1. The van der Waals surface area contributed by atoms with Gasteiger partial charge in [-0.25, -0.2) is 4.98 Å². The Balaban J connectivity index is 1.70. The second-order valence-electron chi connectivity index (χ2n) is 6.57. The van der Waals surface area contributed by atoms with Gasteiger partial charge in [0.25, 0.3) is 5.88 Å². The van der Waals surface area contributed by atoms with E-state index in [-0.39, 0.29) is 29.2 Å². The van der Waals surface area contributed by atoms with E-state index in [2.05, 4.69) is 30.9 Å². The summed E-state index contributed by atoms with van der Waals surface area (Å²) in [6.45, 7) is 0. The van der Waals surface area contributed by atoms with Gasteiger partial charge < -0.3 is 20.1 Å². The zero-order chi connectivity index (χ0) is 22.9. The van der Waals surface area contributed by atoms with Crippen molar-refractivity contribution in [3.63, 3.8) is 0 Å². The summed E-state index contributed by atoms with van der Waals surface area (Å²) in [7, 11) is 0.510. The number of hydrogen-bond donors (Lipinski definition) is 2. The molecule has 0 atom stereocenters. The number of hydrogen-bond acceptors (Lipinski definition) is 8. The van der Waals surface area contributed by atoms with E-state index in [0.29, 0.717) is 22.8 Å². The van der Waals surface area contributed by atoms with E-state index in [1.54, 1.807) is 36.3 Å². The van der Waals surface area contributed by atoms with Crippen LogP contribution in [0.3, 0.4) is 0 Å². The Bertz CT molecular complexity index is 1150. The maximum Gasteiger partial charge on any atom is 0.257 e. The van der Waals surface area contributed by atoms with Gasteiger partial charge in [-0.05, 0) is 25.0 Å². The number of carbonyl (C=O) groups is 1. The van der Waals surface area contributed by atoms with Crippen molar-refractivity contribution in [2.45, 2.75) is 12.8 Å². The summed E-state index contributed by atoms with van der Waals surface area (Å²) in [6, 6.07) is 6.75. The van der Waals surface area contributed by atoms with E-state index in [4.69, 9.17) is 13.6 Å². The molecule has 0 saturated heterocycles. The van der Waals surface area contributed by atoms with Gasteiger partial charge >= 0.3 is 0 Å². The lowest BCUT2D eigenvalue weighted by Gasteiger charge is -2.15. The molecule has 150 valence electrons. The van der Waals surface area contributed by atoms with Crippen LogP contribution in [0.1, 0.15) is 17.0 Å². The minimum absolute atomic E-state index is 0.0332. The molecule has 1 saturated carbocycles. The van der Waals surface area contributed by atoms with Crippen molar-refractivity contribution in [1.82, 2.24) is 25.0 Å². The van der Waals surface area contributed by atoms with E-state index in [1.165, 1.54) is 13.2 Å². The van der Waals surface area contributed by atoms with Gasteiger partial charge in [0, 0.05) is 19.0 Å². The smallest absolute Gasteiger partial charge is 0.257 e. The Morgan fingerprint density at radius 3 is 2.83 bits per heavy atom. The highest BCUT2D eigenvalue weighted by Crippen LogP contribution is 2.38. The Morgan fingerprint density at radius 2 is 2.14 bits per heavy atom. The SMILES string of the molecule is [2H]C([2H])([2H])Oc1nnc(NC(=O)C2CC2)cc1Nc1cccc(-c2ncn(C)n2)c1OC. The number of amides is 1. The number of anilines is 3. The van der Waals surface area contributed by atoms with Gasteiger partial charge in [0.15, 0.2) is 17.4 Å². The van der Waals surface area contributed by atoms with Crippen molar-refractivity contribution >= 4 is 23.1 Å². The third kappa shape index (κ3) is 3.96. The lowest BCUT2D eigenvalue weighted by atomic mass is 10.1. The summed E-state index contributed by atoms with van der Waals surface area (Å²) in [5.41, 5.74) is 1.30. The van der Waals surface area contributed by atoms with Gasteiger partial charge in [-0.2, -0.15) is 5.10 Å². The first kappa shape index (κ1) is 15.3. The molecular weight excluding hydrogens is 374 g/mol. The van der Waals surface area contributed by atoms with Gasteiger partial charge in [0.05, 0.1) is 29.5 Å². The Morgan fingerprint density at radius 1 is 1.28 bits per heavy atom. The maximum atomic E-state index is 12.1. The molecule has 1 aliphatic carbocycles. The molecule has 0 spiro atoms. The van der Waals surface area contributed by atoms with Crippen molar-refractivity contribution in [1.29, 1.82) is 0 Å². The van der Waals surface area contributed by atoms with Crippen LogP contribution in [0.5, 0.6) is 11.6 Å². The minimum Gasteiger partial charge on any atom is -0.494 e. The molecule has 0 radical (unpaired) electrons. The number of nitrogens with one attached hydrogen (secondary N) is 2. The number of aryl methyl sites for hydroxylation is 1. The number of para-hydroxylation sites is 1. The van der Waals surface area contributed by atoms with E-state index in [9.17, 15) is 4.79 Å². The van der Waals surface area contributed by atoms with Crippen LogP contribution >= 0.6 is 0 Å². The van der Waals surface area contributed by atoms with Crippen LogP contribution in [0.2, 0.25) is 0 Å². The monoisotopic (exact) mass is 398 g/mol. The first-order valence-corrected chi connectivity index (χ1v) is 8.91. The number of carbonyl (C=O) groups excluding carboxylic acids is 1. The molecule has 10 heteroatoms. The lowest BCUT2D eigenvalue weighted by Crippen LogP contribution is -2.15. The van der Waals surface area contributed by atoms with Crippen LogP contribution in [0, 0.1) is 5.92 Å². The number of nitrogens with zero attached hydrogens (tertiary/aromatic N) is 5. The Hall–Kier alpha value is -3.69. The fourth-order valence-corrected chi connectivity index (χ4v) is 2.82. The molecule has 1 aromatic carbocycles. The topological polar surface area (TPSA) is 116 Å². The molecule has 0 bridgehead atoms. The highest BCUT2D eigenvalue weighted by atomic mass is 16.5. The summed E-state index contributed by atoms with van der Waals surface area (Å²) in [5, 5.41) is 17.8. The summed E-state index contributed by atoms with van der Waals surface area (Å²) in [5.74, 6) is 0.613. The van der Waals surface area contributed by atoms with Gasteiger partial charge in [-0.1, -0.05) is 6.07 Å². The molecule has 2 aromatic heterocycles. The van der Waals surface area contributed by atoms with E-state index < -0.39 is 7.04 Å². The van der Waals surface area contributed by atoms with Crippen molar-refractivity contribution in [2.75, 3.05) is 24.8 Å². The maximum absolute atomic E-state index is 12.1. The van der Waals surface area contributed by atoms with E-state index >= 15 is 0 Å². The first-order valence-electron chi connectivity index (χ1n) is 10.4. The van der Waals surface area contributed by atoms with Crippen LogP contribution in [-0.2, 0) is 11.8 Å². The summed E-state index contributed by atoms with van der Waals surface area (Å²) in [6.07, 6.45) is 3.23. The summed E-state index contributed by atoms with van der Waals surface area (Å²) in [4.78, 5) is 16.4. The molecule has 0 unspecified atom stereocenters. The van der Waals surface area contributed by atoms with E-state index in [1.807, 2.05) is 0 Å². The van der Waals surface area contributed by atoms with Crippen LogP contribution in [-0.4, -0.2) is 45.0 Å². The fraction of sp³-hybridized carbons (Fsp3) is 0.316. The summed E-state index contributed by atoms with van der Waals surface area (Å²) >= 11 is 0. The van der Waals surface area contributed by atoms with Crippen LogP contribution in [0.4, 0.5) is 17.2 Å². The molecular formula is C19H21N7O3. The van der Waals surface area contributed by atoms with Crippen LogP contribution in [0.25, 0.3) is 11.4 Å². The molecule has 10 nitrogen and oxygen atoms in total. The number of aromatic nitrogens is 5. The number of ether oxygens (including phenoxy) is 2. The molecule has 1 fully saturated rings. The molecule has 1 amide bonds. The standard InChI is InChI=1S/C19H21N7O3/c1-26-10-20-17(25-26)12-5-4-6-13(16(12)28-2)21-14-9-15(23-24-19(14)29-3)22-18(27)11-7-8-11/h4-6,9-11H,7-8H2,1-3H3,(H2,21,22,23,27)/i3D3. The van der Waals surface area contributed by atoms with E-state index in [0.717, 1.165) is 12.8 Å². The second kappa shape index (κ2) is 7.74. The predicted molar refractivity (Wildman–Crippen MR) is 106 cm³/mol. The second-order valence-corrected chi connectivity index (χ2v) is 6.57. The Kier molecular flexibility index (Phi) is 4.07. The highest BCUT2D eigenvalue weighted by Gasteiger charge is 2.30. The number of methoxy groups -OCH3 is 2. The zero-order valence-corrected chi connectivity index (χ0v) is 15.8. The van der Waals surface area contributed by atoms with Crippen molar-refractivity contribution < 1.29 is 18.4 Å². The lowest BCUT2D eigenvalue weighted by molar-refractivity contribution is -0.117. The summed E-state index contributed by atoms with van der Waals surface area (Å²) < 4.78 is 34.4. The van der Waals surface area contributed by atoms with Crippen LogP contribution < -0.4 is 20.1 Å². The molecule has 0 aliphatic heterocycles. The average molecular weight is 398 g/mol. The molecule has 29 heavy (non-hydrogen) atoms.